The first-order valence-electron chi connectivity index (χ1n) is 6.53. The number of nitrogens with one attached hydrogen (secondary N) is 1. The molecule has 0 aromatic rings. The summed E-state index contributed by atoms with van der Waals surface area (Å²) in [6, 6.07) is 0.517. The van der Waals surface area contributed by atoms with Crippen molar-refractivity contribution in [2.45, 2.75) is 39.2 Å². The van der Waals surface area contributed by atoms with Crippen molar-refractivity contribution in [1.82, 2.24) is 10.2 Å². The van der Waals surface area contributed by atoms with Gasteiger partial charge in [-0.05, 0) is 51.7 Å². The standard InChI is InChI=1S/C13H28N2O/c1-5-13(6-8-14-9-7-13)11-15(3)12(2)10-16-4/h12,14H,5-11H2,1-4H3. The van der Waals surface area contributed by atoms with Crippen LogP contribution in [0, 0.1) is 5.41 Å². The minimum absolute atomic E-state index is 0.517. The van der Waals surface area contributed by atoms with Crippen molar-refractivity contribution in [1.29, 1.82) is 0 Å². The summed E-state index contributed by atoms with van der Waals surface area (Å²) in [5, 5.41) is 3.46. The number of nitrogens with zero attached hydrogens (tertiary/aromatic N) is 1. The Labute approximate surface area is 101 Å². The van der Waals surface area contributed by atoms with Gasteiger partial charge in [-0.25, -0.2) is 0 Å². The van der Waals surface area contributed by atoms with Crippen LogP contribution in [0.5, 0.6) is 0 Å². The van der Waals surface area contributed by atoms with Crippen molar-refractivity contribution < 1.29 is 4.74 Å². The van der Waals surface area contributed by atoms with E-state index in [1.807, 2.05) is 0 Å². The van der Waals surface area contributed by atoms with Crippen LogP contribution in [0.2, 0.25) is 0 Å². The van der Waals surface area contributed by atoms with Crippen molar-refractivity contribution in [2.75, 3.05) is 40.4 Å². The fraction of sp³-hybridized carbons (Fsp3) is 1.00. The minimum Gasteiger partial charge on any atom is -0.383 e. The Morgan fingerprint density at radius 2 is 2.00 bits per heavy atom. The summed E-state index contributed by atoms with van der Waals surface area (Å²) in [5.74, 6) is 0. The molecule has 1 atom stereocenters. The van der Waals surface area contributed by atoms with Gasteiger partial charge in [-0.15, -0.1) is 0 Å². The van der Waals surface area contributed by atoms with E-state index in [0.717, 1.165) is 6.61 Å². The molecule has 0 aromatic heterocycles. The maximum absolute atomic E-state index is 5.23. The number of hydrogen-bond acceptors (Lipinski definition) is 3. The molecule has 0 radical (unpaired) electrons. The van der Waals surface area contributed by atoms with Crippen LogP contribution >= 0.6 is 0 Å². The largest absolute Gasteiger partial charge is 0.383 e. The van der Waals surface area contributed by atoms with E-state index in [4.69, 9.17) is 4.74 Å². The predicted octanol–water partition coefficient (Wildman–Crippen LogP) is 1.73. The van der Waals surface area contributed by atoms with Crippen molar-refractivity contribution in [3.8, 4) is 0 Å². The summed E-state index contributed by atoms with van der Waals surface area (Å²) in [4.78, 5) is 2.46. The smallest absolute Gasteiger partial charge is 0.0615 e. The number of methoxy groups -OCH3 is 1. The Morgan fingerprint density at radius 3 is 2.50 bits per heavy atom. The van der Waals surface area contributed by atoms with Gasteiger partial charge < -0.3 is 15.0 Å². The number of rotatable bonds is 6. The Bertz CT molecular complexity index is 190. The van der Waals surface area contributed by atoms with Crippen LogP contribution in [-0.4, -0.2) is 51.3 Å². The summed E-state index contributed by atoms with van der Waals surface area (Å²) in [6.45, 7) is 8.97. The van der Waals surface area contributed by atoms with E-state index in [1.54, 1.807) is 7.11 Å². The lowest BCUT2D eigenvalue weighted by molar-refractivity contribution is 0.0632. The molecule has 96 valence electrons. The third-order valence-corrected chi connectivity index (χ3v) is 4.16. The first-order valence-corrected chi connectivity index (χ1v) is 6.53. The molecule has 0 amide bonds. The van der Waals surface area contributed by atoms with Crippen LogP contribution < -0.4 is 5.32 Å². The third kappa shape index (κ3) is 3.72. The van der Waals surface area contributed by atoms with E-state index < -0.39 is 0 Å². The molecule has 1 saturated heterocycles. The van der Waals surface area contributed by atoms with E-state index >= 15 is 0 Å². The Hall–Kier alpha value is -0.120. The molecule has 1 rings (SSSR count). The van der Waals surface area contributed by atoms with Gasteiger partial charge in [-0.3, -0.25) is 0 Å². The van der Waals surface area contributed by atoms with E-state index in [2.05, 4.69) is 31.1 Å². The molecular formula is C13H28N2O. The van der Waals surface area contributed by atoms with Gasteiger partial charge in [0.15, 0.2) is 0 Å². The third-order valence-electron chi connectivity index (χ3n) is 4.16. The Balaban J connectivity index is 2.48. The van der Waals surface area contributed by atoms with E-state index in [-0.39, 0.29) is 0 Å². The molecule has 0 aromatic carbocycles. The Kier molecular flexibility index (Phi) is 5.73. The zero-order valence-corrected chi connectivity index (χ0v) is 11.4. The average Bonchev–Trinajstić information content (AvgIpc) is 2.30. The molecule has 0 saturated carbocycles. The van der Waals surface area contributed by atoms with Gasteiger partial charge in [0, 0.05) is 19.7 Å². The summed E-state index contributed by atoms with van der Waals surface area (Å²) >= 11 is 0. The van der Waals surface area contributed by atoms with Crippen molar-refractivity contribution >= 4 is 0 Å². The fourth-order valence-electron chi connectivity index (χ4n) is 2.63. The van der Waals surface area contributed by atoms with Crippen molar-refractivity contribution in [3.63, 3.8) is 0 Å². The predicted molar refractivity (Wildman–Crippen MR) is 68.8 cm³/mol. The highest BCUT2D eigenvalue weighted by Gasteiger charge is 2.32. The molecule has 1 unspecified atom stereocenters. The summed E-state index contributed by atoms with van der Waals surface area (Å²) in [5.41, 5.74) is 0.530. The lowest BCUT2D eigenvalue weighted by Crippen LogP contribution is -2.46. The van der Waals surface area contributed by atoms with Gasteiger partial charge in [0.05, 0.1) is 6.61 Å². The van der Waals surface area contributed by atoms with Crippen LogP contribution in [0.25, 0.3) is 0 Å². The molecule has 1 heterocycles. The number of piperidine rings is 1. The molecule has 1 aliphatic heterocycles. The van der Waals surface area contributed by atoms with Crippen LogP contribution in [0.1, 0.15) is 33.1 Å². The Morgan fingerprint density at radius 1 is 1.38 bits per heavy atom. The maximum atomic E-state index is 5.23. The normalized spacial score (nSPS) is 22.3. The lowest BCUT2D eigenvalue weighted by atomic mass is 9.76. The van der Waals surface area contributed by atoms with Crippen LogP contribution in [0.4, 0.5) is 0 Å². The molecule has 0 spiro atoms. The minimum atomic E-state index is 0.517. The van der Waals surface area contributed by atoms with E-state index in [9.17, 15) is 0 Å². The second-order valence-corrected chi connectivity index (χ2v) is 5.32. The topological polar surface area (TPSA) is 24.5 Å². The van der Waals surface area contributed by atoms with E-state index in [0.29, 0.717) is 11.5 Å². The molecule has 3 heteroatoms. The van der Waals surface area contributed by atoms with Gasteiger partial charge in [-0.1, -0.05) is 6.92 Å². The molecule has 0 aliphatic carbocycles. The maximum Gasteiger partial charge on any atom is 0.0615 e. The van der Waals surface area contributed by atoms with Crippen LogP contribution in [0.15, 0.2) is 0 Å². The van der Waals surface area contributed by atoms with Gasteiger partial charge >= 0.3 is 0 Å². The highest BCUT2D eigenvalue weighted by molar-refractivity contribution is 4.86. The number of ether oxygens (including phenoxy) is 1. The molecule has 1 N–H and O–H groups in total. The zero-order valence-electron chi connectivity index (χ0n) is 11.4. The van der Waals surface area contributed by atoms with Gasteiger partial charge in [0.2, 0.25) is 0 Å². The van der Waals surface area contributed by atoms with Crippen LogP contribution in [0.3, 0.4) is 0 Å². The molecular weight excluding hydrogens is 200 g/mol. The summed E-state index contributed by atoms with van der Waals surface area (Å²) in [7, 11) is 4.01. The summed E-state index contributed by atoms with van der Waals surface area (Å²) < 4.78 is 5.23. The quantitative estimate of drug-likeness (QED) is 0.749. The van der Waals surface area contributed by atoms with Gasteiger partial charge in [-0.2, -0.15) is 0 Å². The first kappa shape index (κ1) is 13.9. The molecule has 0 bridgehead atoms. The van der Waals surface area contributed by atoms with Crippen LogP contribution in [-0.2, 0) is 4.74 Å². The molecule has 1 fully saturated rings. The average molecular weight is 228 g/mol. The first-order chi connectivity index (χ1) is 7.63. The highest BCUT2D eigenvalue weighted by atomic mass is 16.5. The molecule has 1 aliphatic rings. The number of hydrogen-bond donors (Lipinski definition) is 1. The monoisotopic (exact) mass is 228 g/mol. The molecule has 16 heavy (non-hydrogen) atoms. The second-order valence-electron chi connectivity index (χ2n) is 5.32. The van der Waals surface area contributed by atoms with Gasteiger partial charge in [0.25, 0.3) is 0 Å². The van der Waals surface area contributed by atoms with E-state index in [1.165, 1.54) is 38.9 Å². The fourth-order valence-corrected chi connectivity index (χ4v) is 2.63. The molecule has 3 nitrogen and oxygen atoms in total. The highest BCUT2D eigenvalue weighted by Crippen LogP contribution is 2.33. The van der Waals surface area contributed by atoms with Gasteiger partial charge in [0.1, 0.15) is 0 Å². The number of likely N-dealkylation sites (N-methyl/N-ethyl adjacent to an activating group) is 1. The SMILES string of the molecule is CCC1(CN(C)C(C)COC)CCNCC1. The second kappa shape index (κ2) is 6.58. The zero-order chi connectivity index (χ0) is 12.0. The lowest BCUT2D eigenvalue weighted by Gasteiger charge is -2.41. The summed E-state index contributed by atoms with van der Waals surface area (Å²) in [6.07, 6.45) is 3.92. The van der Waals surface area contributed by atoms with Crippen molar-refractivity contribution in [3.05, 3.63) is 0 Å². The van der Waals surface area contributed by atoms with Crippen molar-refractivity contribution in [2.24, 2.45) is 5.41 Å².